The van der Waals surface area contributed by atoms with Crippen LogP contribution in [0.1, 0.15) is 213 Å². The molecule has 0 radical (unpaired) electrons. The van der Waals surface area contributed by atoms with E-state index >= 15 is 0 Å². The van der Waals surface area contributed by atoms with E-state index < -0.39 is 6.10 Å². The number of allylic oxidation sites excluding steroid dienone is 10. The van der Waals surface area contributed by atoms with Crippen molar-refractivity contribution < 1.29 is 23.8 Å². The lowest BCUT2D eigenvalue weighted by atomic mass is 10.1. The minimum absolute atomic E-state index is 0.0636. The maximum Gasteiger partial charge on any atom is 0.306 e. The summed E-state index contributed by atoms with van der Waals surface area (Å²) in [5.74, 6) is -0.445. The Hall–Kier alpha value is -2.40. The Morgan fingerprint density at radius 2 is 0.852 bits per heavy atom. The SMILES string of the molecule is CC/C=C\C/C=C\C/C=C\CCCCCC(=O)OCC(COCCCCCCCC/C=C\CCCC)OC(=O)CCCCCCC/C=C\CCCCCC. The predicted molar refractivity (Wildman–Crippen MR) is 233 cm³/mol. The van der Waals surface area contributed by atoms with E-state index in [1.165, 1.54) is 96.3 Å². The fraction of sp³-hybridized carbons (Fsp3) is 0.755. The molecule has 0 aliphatic carbocycles. The largest absolute Gasteiger partial charge is 0.462 e. The van der Waals surface area contributed by atoms with Crippen molar-refractivity contribution in [3.8, 4) is 0 Å². The standard InChI is InChI=1S/C49H86O5/c1-4-7-10-13-16-19-22-25-27-30-33-36-39-42-48(50)53-46-47(45-52-44-41-38-35-32-29-24-21-18-15-12-9-6-3)54-49(51)43-40-37-34-31-28-26-23-20-17-14-11-8-5-2/h7,10,15-16,18-20,23,25,27,47H,4-6,8-9,11-14,17,21-22,24,26,28-46H2,1-3H3/b10-7-,18-15-,19-16-,23-20-,27-25-. The quantitative estimate of drug-likeness (QED) is 0.0353. The monoisotopic (exact) mass is 755 g/mol. The third kappa shape index (κ3) is 42.3. The van der Waals surface area contributed by atoms with Crippen LogP contribution in [0.3, 0.4) is 0 Å². The van der Waals surface area contributed by atoms with Gasteiger partial charge in [0.2, 0.25) is 0 Å². The van der Waals surface area contributed by atoms with Crippen LogP contribution in [-0.2, 0) is 23.8 Å². The van der Waals surface area contributed by atoms with Gasteiger partial charge in [-0.05, 0) is 96.3 Å². The number of esters is 2. The molecule has 0 fully saturated rings. The van der Waals surface area contributed by atoms with E-state index in [0.29, 0.717) is 19.4 Å². The van der Waals surface area contributed by atoms with Crippen LogP contribution in [0.4, 0.5) is 0 Å². The molecule has 5 nitrogen and oxygen atoms in total. The summed E-state index contributed by atoms with van der Waals surface area (Å²) in [6.07, 6.45) is 55.0. The van der Waals surface area contributed by atoms with Crippen LogP contribution in [0.25, 0.3) is 0 Å². The molecule has 0 amide bonds. The second-order valence-electron chi connectivity index (χ2n) is 14.9. The number of unbranched alkanes of at least 4 members (excludes halogenated alkanes) is 20. The van der Waals surface area contributed by atoms with Gasteiger partial charge in [0.15, 0.2) is 6.10 Å². The summed E-state index contributed by atoms with van der Waals surface area (Å²) in [7, 11) is 0. The fourth-order valence-electron chi connectivity index (χ4n) is 6.09. The summed E-state index contributed by atoms with van der Waals surface area (Å²) >= 11 is 0. The minimum Gasteiger partial charge on any atom is -0.462 e. The Morgan fingerprint density at radius 3 is 1.43 bits per heavy atom. The molecular weight excluding hydrogens is 669 g/mol. The summed E-state index contributed by atoms with van der Waals surface area (Å²) in [5, 5.41) is 0. The van der Waals surface area contributed by atoms with Gasteiger partial charge < -0.3 is 14.2 Å². The third-order valence-corrected chi connectivity index (χ3v) is 9.51. The molecule has 0 aromatic carbocycles. The van der Waals surface area contributed by atoms with Crippen molar-refractivity contribution in [2.45, 2.75) is 219 Å². The molecule has 0 bridgehead atoms. The molecule has 0 saturated carbocycles. The first-order chi connectivity index (χ1) is 26.6. The Bertz CT molecular complexity index is 946. The number of hydrogen-bond acceptors (Lipinski definition) is 5. The summed E-state index contributed by atoms with van der Waals surface area (Å²) in [6, 6.07) is 0. The lowest BCUT2D eigenvalue weighted by molar-refractivity contribution is -0.163. The van der Waals surface area contributed by atoms with Crippen LogP contribution in [0.2, 0.25) is 0 Å². The van der Waals surface area contributed by atoms with Gasteiger partial charge in [0.25, 0.3) is 0 Å². The molecule has 0 aliphatic heterocycles. The highest BCUT2D eigenvalue weighted by Gasteiger charge is 2.17. The summed E-state index contributed by atoms with van der Waals surface area (Å²) in [4.78, 5) is 25.2. The number of ether oxygens (including phenoxy) is 3. The highest BCUT2D eigenvalue weighted by atomic mass is 16.6. The number of carbonyl (C=O) groups is 2. The van der Waals surface area contributed by atoms with Crippen LogP contribution in [0, 0.1) is 0 Å². The van der Waals surface area contributed by atoms with E-state index in [9.17, 15) is 9.59 Å². The van der Waals surface area contributed by atoms with E-state index in [-0.39, 0.29) is 25.2 Å². The number of carbonyl (C=O) groups excluding carboxylic acids is 2. The molecule has 0 spiro atoms. The van der Waals surface area contributed by atoms with Crippen LogP contribution in [0.15, 0.2) is 60.8 Å². The molecule has 5 heteroatoms. The zero-order chi connectivity index (χ0) is 39.3. The highest BCUT2D eigenvalue weighted by molar-refractivity contribution is 5.70. The van der Waals surface area contributed by atoms with Crippen molar-refractivity contribution in [1.29, 1.82) is 0 Å². The van der Waals surface area contributed by atoms with Gasteiger partial charge in [-0.25, -0.2) is 0 Å². The van der Waals surface area contributed by atoms with Gasteiger partial charge in [-0.15, -0.1) is 0 Å². The minimum atomic E-state index is -0.553. The first kappa shape index (κ1) is 51.6. The van der Waals surface area contributed by atoms with Gasteiger partial charge >= 0.3 is 11.9 Å². The van der Waals surface area contributed by atoms with Crippen molar-refractivity contribution in [3.63, 3.8) is 0 Å². The van der Waals surface area contributed by atoms with Crippen molar-refractivity contribution in [1.82, 2.24) is 0 Å². The summed E-state index contributed by atoms with van der Waals surface area (Å²) < 4.78 is 17.3. The lowest BCUT2D eigenvalue weighted by Gasteiger charge is -2.18. The van der Waals surface area contributed by atoms with E-state index in [2.05, 4.69) is 81.5 Å². The van der Waals surface area contributed by atoms with E-state index in [0.717, 1.165) is 83.5 Å². The second kappa shape index (κ2) is 45.0. The topological polar surface area (TPSA) is 61.8 Å². The van der Waals surface area contributed by atoms with E-state index in [1.807, 2.05) is 0 Å². The van der Waals surface area contributed by atoms with E-state index in [1.54, 1.807) is 0 Å². The molecule has 1 atom stereocenters. The van der Waals surface area contributed by atoms with Gasteiger partial charge in [-0.3, -0.25) is 9.59 Å². The first-order valence-electron chi connectivity index (χ1n) is 22.8. The van der Waals surface area contributed by atoms with E-state index in [4.69, 9.17) is 14.2 Å². The maximum absolute atomic E-state index is 12.7. The third-order valence-electron chi connectivity index (χ3n) is 9.51. The number of hydrogen-bond donors (Lipinski definition) is 0. The molecule has 0 aliphatic rings. The zero-order valence-electron chi connectivity index (χ0n) is 35.7. The molecule has 54 heavy (non-hydrogen) atoms. The van der Waals surface area contributed by atoms with Gasteiger partial charge in [0.1, 0.15) is 6.61 Å². The summed E-state index contributed by atoms with van der Waals surface area (Å²) in [5.41, 5.74) is 0. The average molecular weight is 755 g/mol. The molecule has 0 aromatic rings. The Labute approximate surface area is 334 Å². The molecule has 0 saturated heterocycles. The van der Waals surface area contributed by atoms with Crippen LogP contribution in [-0.4, -0.2) is 37.9 Å². The van der Waals surface area contributed by atoms with Crippen molar-refractivity contribution in [2.75, 3.05) is 19.8 Å². The first-order valence-corrected chi connectivity index (χ1v) is 22.8. The molecule has 0 N–H and O–H groups in total. The highest BCUT2D eigenvalue weighted by Crippen LogP contribution is 2.12. The smallest absolute Gasteiger partial charge is 0.306 e. The Morgan fingerprint density at radius 1 is 0.426 bits per heavy atom. The Balaban J connectivity index is 4.33. The molecule has 312 valence electrons. The molecular formula is C49H86O5. The number of rotatable bonds is 41. The van der Waals surface area contributed by atoms with Gasteiger partial charge in [-0.2, -0.15) is 0 Å². The van der Waals surface area contributed by atoms with Crippen LogP contribution in [0.5, 0.6) is 0 Å². The van der Waals surface area contributed by atoms with Crippen LogP contribution < -0.4 is 0 Å². The van der Waals surface area contributed by atoms with Gasteiger partial charge in [0.05, 0.1) is 6.61 Å². The maximum atomic E-state index is 12.7. The fourth-order valence-corrected chi connectivity index (χ4v) is 6.09. The zero-order valence-corrected chi connectivity index (χ0v) is 35.7. The normalized spacial score (nSPS) is 12.7. The van der Waals surface area contributed by atoms with Crippen molar-refractivity contribution in [3.05, 3.63) is 60.8 Å². The molecule has 0 heterocycles. The molecule has 1 unspecified atom stereocenters. The average Bonchev–Trinajstić information content (AvgIpc) is 3.17. The summed E-state index contributed by atoms with van der Waals surface area (Å²) in [6.45, 7) is 7.61. The van der Waals surface area contributed by atoms with Crippen molar-refractivity contribution in [2.24, 2.45) is 0 Å². The molecule has 0 rings (SSSR count). The van der Waals surface area contributed by atoms with Crippen molar-refractivity contribution >= 4 is 11.9 Å². The molecule has 0 aromatic heterocycles. The van der Waals surface area contributed by atoms with Gasteiger partial charge in [0, 0.05) is 19.4 Å². The van der Waals surface area contributed by atoms with Crippen LogP contribution >= 0.6 is 0 Å². The lowest BCUT2D eigenvalue weighted by Crippen LogP contribution is -2.30. The second-order valence-corrected chi connectivity index (χ2v) is 14.9. The van der Waals surface area contributed by atoms with Gasteiger partial charge in [-0.1, -0.05) is 165 Å². The predicted octanol–water partition coefficient (Wildman–Crippen LogP) is 15.0. The Kier molecular flexibility index (Phi) is 43.0.